The Morgan fingerprint density at radius 1 is 1.06 bits per heavy atom. The SMILES string of the molecule is O=C(COc1ccc(/C=N/NC(=O)c2cc3ccccc3o2)cc1Cl)Nc1ccc(F)cc1. The van der Waals surface area contributed by atoms with Gasteiger partial charge in [-0.25, -0.2) is 9.82 Å². The number of halogens is 2. The maximum atomic E-state index is 12.9. The molecule has 0 saturated heterocycles. The molecular weight excluding hydrogens is 449 g/mol. The third-order valence-corrected chi connectivity index (χ3v) is 4.77. The van der Waals surface area contributed by atoms with Crippen LogP contribution in [0.4, 0.5) is 10.1 Å². The van der Waals surface area contributed by atoms with Crippen LogP contribution >= 0.6 is 11.6 Å². The van der Waals surface area contributed by atoms with Gasteiger partial charge in [0.2, 0.25) is 0 Å². The van der Waals surface area contributed by atoms with E-state index in [0.29, 0.717) is 22.6 Å². The molecule has 0 bridgehead atoms. The van der Waals surface area contributed by atoms with E-state index in [9.17, 15) is 14.0 Å². The molecule has 0 aliphatic carbocycles. The van der Waals surface area contributed by atoms with E-state index < -0.39 is 17.6 Å². The molecule has 0 saturated carbocycles. The summed E-state index contributed by atoms with van der Waals surface area (Å²) in [5, 5.41) is 7.58. The fourth-order valence-electron chi connectivity index (χ4n) is 2.90. The molecule has 0 unspecified atom stereocenters. The number of para-hydroxylation sites is 1. The number of anilines is 1. The van der Waals surface area contributed by atoms with Gasteiger partial charge in [-0.05, 0) is 60.2 Å². The molecule has 7 nitrogen and oxygen atoms in total. The number of nitrogens with one attached hydrogen (secondary N) is 2. The van der Waals surface area contributed by atoms with Crippen molar-refractivity contribution in [3.05, 3.63) is 95.0 Å². The molecule has 4 aromatic rings. The summed E-state index contributed by atoms with van der Waals surface area (Å²) >= 11 is 6.21. The van der Waals surface area contributed by atoms with E-state index in [4.69, 9.17) is 20.8 Å². The molecule has 2 amide bonds. The van der Waals surface area contributed by atoms with Gasteiger partial charge in [-0.2, -0.15) is 5.10 Å². The van der Waals surface area contributed by atoms with Gasteiger partial charge in [0.1, 0.15) is 17.1 Å². The lowest BCUT2D eigenvalue weighted by Crippen LogP contribution is -2.20. The zero-order chi connectivity index (χ0) is 23.2. The van der Waals surface area contributed by atoms with E-state index in [-0.39, 0.29) is 17.4 Å². The molecular formula is C24H17ClFN3O4. The summed E-state index contributed by atoms with van der Waals surface area (Å²) in [5.74, 6) is -0.852. The van der Waals surface area contributed by atoms with Crippen molar-refractivity contribution in [2.75, 3.05) is 11.9 Å². The Kier molecular flexibility index (Phi) is 6.66. The Morgan fingerprint density at radius 3 is 2.61 bits per heavy atom. The lowest BCUT2D eigenvalue weighted by Gasteiger charge is -2.09. The van der Waals surface area contributed by atoms with Gasteiger partial charge < -0.3 is 14.5 Å². The van der Waals surface area contributed by atoms with Gasteiger partial charge in [0.25, 0.3) is 5.91 Å². The first-order valence-corrected chi connectivity index (χ1v) is 10.2. The zero-order valence-corrected chi connectivity index (χ0v) is 17.8. The molecule has 2 N–H and O–H groups in total. The topological polar surface area (TPSA) is 92.9 Å². The van der Waals surface area contributed by atoms with Gasteiger partial charge in [-0.3, -0.25) is 9.59 Å². The second-order valence-corrected chi connectivity index (χ2v) is 7.29. The van der Waals surface area contributed by atoms with Crippen LogP contribution in [0.1, 0.15) is 16.1 Å². The van der Waals surface area contributed by atoms with Gasteiger partial charge >= 0.3 is 5.91 Å². The number of amides is 2. The lowest BCUT2D eigenvalue weighted by molar-refractivity contribution is -0.118. The Bertz CT molecular complexity index is 1300. The maximum absolute atomic E-state index is 12.9. The van der Waals surface area contributed by atoms with Gasteiger partial charge in [-0.1, -0.05) is 29.8 Å². The minimum absolute atomic E-state index is 0.147. The summed E-state index contributed by atoms with van der Waals surface area (Å²) in [6.07, 6.45) is 1.41. The largest absolute Gasteiger partial charge is 0.482 e. The summed E-state index contributed by atoms with van der Waals surface area (Å²) in [6, 6.07) is 19.1. The standard InChI is InChI=1S/C24H17ClFN3O4/c25-19-11-15(13-27-29-24(31)22-12-16-3-1-2-4-20(16)33-22)5-10-21(19)32-14-23(30)28-18-8-6-17(26)7-9-18/h1-13H,14H2,(H,28,30)(H,29,31)/b27-13+. The molecule has 0 spiro atoms. The van der Waals surface area contributed by atoms with E-state index in [1.807, 2.05) is 18.2 Å². The van der Waals surface area contributed by atoms with Crippen molar-refractivity contribution < 1.29 is 23.1 Å². The summed E-state index contributed by atoms with van der Waals surface area (Å²) in [6.45, 7) is -0.280. The first-order valence-electron chi connectivity index (χ1n) is 9.78. The highest BCUT2D eigenvalue weighted by molar-refractivity contribution is 6.32. The van der Waals surface area contributed by atoms with Crippen molar-refractivity contribution >= 4 is 46.3 Å². The van der Waals surface area contributed by atoms with Gasteiger partial charge in [0, 0.05) is 11.1 Å². The molecule has 1 aromatic heterocycles. The quantitative estimate of drug-likeness (QED) is 0.296. The molecule has 9 heteroatoms. The number of hydrogen-bond donors (Lipinski definition) is 2. The second-order valence-electron chi connectivity index (χ2n) is 6.88. The van der Waals surface area contributed by atoms with Crippen LogP contribution in [-0.4, -0.2) is 24.6 Å². The highest BCUT2D eigenvalue weighted by Crippen LogP contribution is 2.25. The number of nitrogens with zero attached hydrogens (tertiary/aromatic N) is 1. The van der Waals surface area contributed by atoms with Gasteiger partial charge in [-0.15, -0.1) is 0 Å². The van der Waals surface area contributed by atoms with E-state index in [1.165, 1.54) is 30.5 Å². The third-order valence-electron chi connectivity index (χ3n) is 4.47. The number of ether oxygens (including phenoxy) is 1. The average molecular weight is 466 g/mol. The van der Waals surface area contributed by atoms with Crippen molar-refractivity contribution in [2.45, 2.75) is 0 Å². The van der Waals surface area contributed by atoms with Crippen LogP contribution < -0.4 is 15.5 Å². The first kappa shape index (κ1) is 22.0. The molecule has 1 heterocycles. The second kappa shape index (κ2) is 9.97. The van der Waals surface area contributed by atoms with Crippen LogP contribution in [0.3, 0.4) is 0 Å². The number of rotatable bonds is 7. The Morgan fingerprint density at radius 2 is 1.85 bits per heavy atom. The number of hydrazone groups is 1. The Labute approximate surface area is 192 Å². The lowest BCUT2D eigenvalue weighted by atomic mass is 10.2. The Hall–Kier alpha value is -4.17. The van der Waals surface area contributed by atoms with E-state index in [2.05, 4.69) is 15.8 Å². The molecule has 0 fully saturated rings. The number of benzene rings is 3. The van der Waals surface area contributed by atoms with Crippen LogP contribution in [0.5, 0.6) is 5.75 Å². The predicted molar refractivity (Wildman–Crippen MR) is 123 cm³/mol. The van der Waals surface area contributed by atoms with Crippen molar-refractivity contribution in [3.8, 4) is 5.75 Å². The fraction of sp³-hybridized carbons (Fsp3) is 0.0417. The summed E-state index contributed by atoms with van der Waals surface area (Å²) in [7, 11) is 0. The smallest absolute Gasteiger partial charge is 0.307 e. The highest BCUT2D eigenvalue weighted by Gasteiger charge is 2.11. The minimum Gasteiger partial charge on any atom is -0.482 e. The van der Waals surface area contributed by atoms with Crippen LogP contribution in [0, 0.1) is 5.82 Å². The number of fused-ring (bicyclic) bond motifs is 1. The van der Waals surface area contributed by atoms with E-state index in [1.54, 1.807) is 30.3 Å². The minimum atomic E-state index is -0.485. The molecule has 0 aliphatic rings. The summed E-state index contributed by atoms with van der Waals surface area (Å²) in [4.78, 5) is 24.2. The number of hydrogen-bond acceptors (Lipinski definition) is 5. The van der Waals surface area contributed by atoms with Crippen LogP contribution in [-0.2, 0) is 4.79 Å². The molecule has 33 heavy (non-hydrogen) atoms. The number of carbonyl (C=O) groups excluding carboxylic acids is 2. The van der Waals surface area contributed by atoms with Crippen LogP contribution in [0.2, 0.25) is 5.02 Å². The predicted octanol–water partition coefficient (Wildman–Crippen LogP) is 5.01. The number of furan rings is 1. The van der Waals surface area contributed by atoms with Crippen molar-refractivity contribution in [3.63, 3.8) is 0 Å². The molecule has 0 radical (unpaired) electrons. The molecule has 0 atom stereocenters. The maximum Gasteiger partial charge on any atom is 0.307 e. The van der Waals surface area contributed by atoms with Crippen molar-refractivity contribution in [1.82, 2.24) is 5.43 Å². The monoisotopic (exact) mass is 465 g/mol. The first-order chi connectivity index (χ1) is 16.0. The zero-order valence-electron chi connectivity index (χ0n) is 17.0. The normalized spacial score (nSPS) is 11.0. The van der Waals surface area contributed by atoms with Crippen LogP contribution in [0.25, 0.3) is 11.0 Å². The van der Waals surface area contributed by atoms with Gasteiger partial charge in [0.15, 0.2) is 12.4 Å². The molecule has 0 aliphatic heterocycles. The molecule has 4 rings (SSSR count). The fourth-order valence-corrected chi connectivity index (χ4v) is 3.15. The highest BCUT2D eigenvalue weighted by atomic mass is 35.5. The van der Waals surface area contributed by atoms with E-state index in [0.717, 1.165) is 5.39 Å². The number of carbonyl (C=O) groups is 2. The summed E-state index contributed by atoms with van der Waals surface area (Å²) in [5.41, 5.74) is 4.06. The van der Waals surface area contributed by atoms with Crippen LogP contribution in [0.15, 0.2) is 82.3 Å². The Balaban J connectivity index is 1.30. The molecule has 166 valence electrons. The van der Waals surface area contributed by atoms with Crippen molar-refractivity contribution in [1.29, 1.82) is 0 Å². The average Bonchev–Trinajstić information content (AvgIpc) is 3.24. The van der Waals surface area contributed by atoms with Crippen molar-refractivity contribution in [2.24, 2.45) is 5.10 Å². The third kappa shape index (κ3) is 5.75. The van der Waals surface area contributed by atoms with Gasteiger partial charge in [0.05, 0.1) is 11.2 Å². The van der Waals surface area contributed by atoms with E-state index >= 15 is 0 Å². The molecule has 3 aromatic carbocycles. The summed E-state index contributed by atoms with van der Waals surface area (Å²) < 4.78 is 23.8.